The van der Waals surface area contributed by atoms with Gasteiger partial charge in [-0.1, -0.05) is 13.3 Å². The van der Waals surface area contributed by atoms with Crippen molar-refractivity contribution in [2.24, 2.45) is 11.1 Å². The van der Waals surface area contributed by atoms with Crippen LogP contribution in [0.25, 0.3) is 0 Å². The van der Waals surface area contributed by atoms with Crippen LogP contribution >= 0.6 is 0 Å². The maximum absolute atomic E-state index is 5.74. The second kappa shape index (κ2) is 4.78. The first kappa shape index (κ1) is 11.3. The van der Waals surface area contributed by atoms with Crippen molar-refractivity contribution in [3.8, 4) is 0 Å². The summed E-state index contributed by atoms with van der Waals surface area (Å²) in [4.78, 5) is 8.46. The van der Waals surface area contributed by atoms with E-state index >= 15 is 0 Å². The third-order valence-corrected chi connectivity index (χ3v) is 3.26. The van der Waals surface area contributed by atoms with Crippen molar-refractivity contribution in [3.63, 3.8) is 0 Å². The molecule has 0 aromatic carbocycles. The van der Waals surface area contributed by atoms with Gasteiger partial charge in [-0.3, -0.25) is 0 Å². The van der Waals surface area contributed by atoms with E-state index in [0.717, 1.165) is 37.4 Å². The summed E-state index contributed by atoms with van der Waals surface area (Å²) in [5, 5.41) is 3.37. The molecule has 1 heterocycles. The van der Waals surface area contributed by atoms with Crippen molar-refractivity contribution in [1.82, 2.24) is 9.97 Å². The highest BCUT2D eigenvalue weighted by molar-refractivity contribution is 5.35. The third kappa shape index (κ3) is 2.70. The minimum Gasteiger partial charge on any atom is -0.369 e. The fourth-order valence-corrected chi connectivity index (χ4v) is 1.80. The van der Waals surface area contributed by atoms with Crippen LogP contribution in [-0.2, 0) is 6.42 Å². The van der Waals surface area contributed by atoms with Gasteiger partial charge in [0.15, 0.2) is 0 Å². The molecule has 1 aromatic heterocycles. The van der Waals surface area contributed by atoms with E-state index in [1.807, 2.05) is 6.07 Å². The molecule has 1 aliphatic carbocycles. The topological polar surface area (TPSA) is 63.8 Å². The summed E-state index contributed by atoms with van der Waals surface area (Å²) in [5.74, 6) is 0.929. The molecule has 2 rings (SSSR count). The lowest BCUT2D eigenvalue weighted by molar-refractivity contribution is 0.555. The Balaban J connectivity index is 1.91. The minimum absolute atomic E-state index is 0.343. The lowest BCUT2D eigenvalue weighted by atomic mass is 10.1. The molecule has 1 fully saturated rings. The average molecular weight is 220 g/mol. The SMILES string of the molecule is CCCc1cc(NCC2(CN)CC2)ncn1. The number of nitrogens with two attached hydrogens (primary N) is 1. The quantitative estimate of drug-likeness (QED) is 0.764. The van der Waals surface area contributed by atoms with E-state index in [0.29, 0.717) is 5.41 Å². The number of nitrogens with one attached hydrogen (secondary N) is 1. The Morgan fingerprint density at radius 2 is 2.25 bits per heavy atom. The maximum atomic E-state index is 5.74. The first-order chi connectivity index (χ1) is 7.78. The Morgan fingerprint density at radius 1 is 1.44 bits per heavy atom. The molecule has 0 atom stereocenters. The van der Waals surface area contributed by atoms with Gasteiger partial charge in [0, 0.05) is 18.3 Å². The third-order valence-electron chi connectivity index (χ3n) is 3.26. The van der Waals surface area contributed by atoms with Crippen LogP contribution in [0.2, 0.25) is 0 Å². The van der Waals surface area contributed by atoms with Gasteiger partial charge in [-0.2, -0.15) is 0 Å². The second-order valence-corrected chi connectivity index (χ2v) is 4.70. The van der Waals surface area contributed by atoms with Crippen molar-refractivity contribution >= 4 is 5.82 Å². The molecule has 1 aromatic rings. The van der Waals surface area contributed by atoms with Gasteiger partial charge in [-0.15, -0.1) is 0 Å². The van der Waals surface area contributed by atoms with Gasteiger partial charge in [-0.05, 0) is 31.2 Å². The van der Waals surface area contributed by atoms with E-state index in [2.05, 4.69) is 22.2 Å². The number of aromatic nitrogens is 2. The number of anilines is 1. The molecule has 0 aliphatic heterocycles. The van der Waals surface area contributed by atoms with Gasteiger partial charge in [0.25, 0.3) is 0 Å². The van der Waals surface area contributed by atoms with E-state index < -0.39 is 0 Å². The standard InChI is InChI=1S/C12H20N4/c1-2-3-10-6-11(16-9-15-10)14-8-12(7-13)4-5-12/h6,9H,2-5,7-8,13H2,1H3,(H,14,15,16). The van der Waals surface area contributed by atoms with E-state index in [9.17, 15) is 0 Å². The highest BCUT2D eigenvalue weighted by Gasteiger charge is 2.40. The molecule has 1 saturated carbocycles. The Kier molecular flexibility index (Phi) is 3.39. The summed E-state index contributed by atoms with van der Waals surface area (Å²) in [6.45, 7) is 3.86. The Morgan fingerprint density at radius 3 is 2.88 bits per heavy atom. The molecule has 4 nitrogen and oxygen atoms in total. The van der Waals surface area contributed by atoms with Crippen LogP contribution in [0, 0.1) is 5.41 Å². The minimum atomic E-state index is 0.343. The van der Waals surface area contributed by atoms with E-state index in [4.69, 9.17) is 5.73 Å². The zero-order valence-corrected chi connectivity index (χ0v) is 9.87. The van der Waals surface area contributed by atoms with Gasteiger partial charge < -0.3 is 11.1 Å². The Bertz CT molecular complexity index is 347. The molecule has 3 N–H and O–H groups in total. The van der Waals surface area contributed by atoms with Crippen LogP contribution < -0.4 is 11.1 Å². The van der Waals surface area contributed by atoms with Crippen LogP contribution in [0.4, 0.5) is 5.82 Å². The molecule has 0 amide bonds. The summed E-state index contributed by atoms with van der Waals surface area (Å²) in [6, 6.07) is 2.04. The molecule has 0 radical (unpaired) electrons. The van der Waals surface area contributed by atoms with E-state index in [1.54, 1.807) is 6.33 Å². The predicted octanol–water partition coefficient (Wildman–Crippen LogP) is 1.58. The second-order valence-electron chi connectivity index (χ2n) is 4.70. The van der Waals surface area contributed by atoms with Gasteiger partial charge >= 0.3 is 0 Å². The molecule has 0 saturated heterocycles. The van der Waals surface area contributed by atoms with E-state index in [1.165, 1.54) is 12.8 Å². The highest BCUT2D eigenvalue weighted by Crippen LogP contribution is 2.44. The van der Waals surface area contributed by atoms with Crippen molar-refractivity contribution < 1.29 is 0 Å². The fourth-order valence-electron chi connectivity index (χ4n) is 1.80. The zero-order chi connectivity index (χ0) is 11.4. The van der Waals surface area contributed by atoms with Gasteiger partial charge in [0.2, 0.25) is 0 Å². The zero-order valence-electron chi connectivity index (χ0n) is 9.87. The first-order valence-corrected chi connectivity index (χ1v) is 6.03. The summed E-state index contributed by atoms with van der Waals surface area (Å²) in [7, 11) is 0. The van der Waals surface area contributed by atoms with Crippen LogP contribution in [0.5, 0.6) is 0 Å². The Labute approximate surface area is 96.7 Å². The van der Waals surface area contributed by atoms with Crippen molar-refractivity contribution in [3.05, 3.63) is 18.1 Å². The maximum Gasteiger partial charge on any atom is 0.129 e. The molecule has 16 heavy (non-hydrogen) atoms. The van der Waals surface area contributed by atoms with Gasteiger partial charge in [0.1, 0.15) is 12.1 Å². The smallest absolute Gasteiger partial charge is 0.129 e. The first-order valence-electron chi connectivity index (χ1n) is 6.03. The molecule has 88 valence electrons. The largest absolute Gasteiger partial charge is 0.369 e. The van der Waals surface area contributed by atoms with Crippen LogP contribution in [0.1, 0.15) is 31.9 Å². The summed E-state index contributed by atoms with van der Waals surface area (Å²) in [6.07, 6.45) is 6.24. The summed E-state index contributed by atoms with van der Waals surface area (Å²) < 4.78 is 0. The van der Waals surface area contributed by atoms with Crippen molar-refractivity contribution in [2.75, 3.05) is 18.4 Å². The fraction of sp³-hybridized carbons (Fsp3) is 0.667. The molecule has 0 spiro atoms. The molecule has 1 aliphatic rings. The average Bonchev–Trinajstić information content (AvgIpc) is 3.08. The number of aryl methyl sites for hydroxylation is 1. The molecule has 0 bridgehead atoms. The van der Waals surface area contributed by atoms with Crippen LogP contribution in [0.15, 0.2) is 12.4 Å². The molecular formula is C12H20N4. The number of rotatable bonds is 6. The van der Waals surface area contributed by atoms with Crippen LogP contribution in [0.3, 0.4) is 0 Å². The number of hydrogen-bond acceptors (Lipinski definition) is 4. The normalized spacial score (nSPS) is 17.1. The lowest BCUT2D eigenvalue weighted by Gasteiger charge is -2.13. The Hall–Kier alpha value is -1.16. The molecule has 4 heteroatoms. The summed E-state index contributed by atoms with van der Waals surface area (Å²) >= 11 is 0. The predicted molar refractivity (Wildman–Crippen MR) is 65.2 cm³/mol. The lowest BCUT2D eigenvalue weighted by Crippen LogP contribution is -2.24. The number of hydrogen-bond donors (Lipinski definition) is 2. The monoisotopic (exact) mass is 220 g/mol. The van der Waals surface area contributed by atoms with Crippen molar-refractivity contribution in [1.29, 1.82) is 0 Å². The highest BCUT2D eigenvalue weighted by atomic mass is 15.0. The van der Waals surface area contributed by atoms with Crippen molar-refractivity contribution in [2.45, 2.75) is 32.6 Å². The van der Waals surface area contributed by atoms with Crippen LogP contribution in [-0.4, -0.2) is 23.1 Å². The number of nitrogens with zero attached hydrogens (tertiary/aromatic N) is 2. The van der Waals surface area contributed by atoms with E-state index in [-0.39, 0.29) is 0 Å². The van der Waals surface area contributed by atoms with Gasteiger partial charge in [-0.25, -0.2) is 9.97 Å². The van der Waals surface area contributed by atoms with Gasteiger partial charge in [0.05, 0.1) is 0 Å². The molecular weight excluding hydrogens is 200 g/mol. The molecule has 0 unspecified atom stereocenters. The summed E-state index contributed by atoms with van der Waals surface area (Å²) in [5.41, 5.74) is 7.19.